The van der Waals surface area contributed by atoms with E-state index in [0.29, 0.717) is 13.0 Å². The second kappa shape index (κ2) is 6.93. The molecule has 116 valence electrons. The number of anilines is 1. The molecule has 0 bridgehead atoms. The number of amides is 1. The van der Waals surface area contributed by atoms with Gasteiger partial charge in [0.05, 0.1) is 0 Å². The van der Waals surface area contributed by atoms with Crippen molar-refractivity contribution >= 4 is 27.5 Å². The fourth-order valence-electron chi connectivity index (χ4n) is 3.32. The van der Waals surface area contributed by atoms with E-state index >= 15 is 0 Å². The van der Waals surface area contributed by atoms with Gasteiger partial charge in [-0.05, 0) is 61.9 Å². The third kappa shape index (κ3) is 4.07. The molecule has 1 aliphatic rings. The van der Waals surface area contributed by atoms with Gasteiger partial charge in [0.2, 0.25) is 5.91 Å². The highest BCUT2D eigenvalue weighted by Gasteiger charge is 2.32. The number of hydrogen-bond donors (Lipinski definition) is 2. The molecule has 0 spiro atoms. The zero-order valence-corrected chi connectivity index (χ0v) is 14.6. The van der Waals surface area contributed by atoms with Crippen LogP contribution < -0.4 is 11.1 Å². The lowest BCUT2D eigenvalue weighted by atomic mass is 9.71. The van der Waals surface area contributed by atoms with Crippen LogP contribution in [0.3, 0.4) is 0 Å². The molecule has 1 aliphatic carbocycles. The molecule has 1 saturated carbocycles. The first-order chi connectivity index (χ1) is 9.96. The molecule has 1 aromatic carbocycles. The van der Waals surface area contributed by atoms with Crippen LogP contribution in [0.15, 0.2) is 16.6 Å². The summed E-state index contributed by atoms with van der Waals surface area (Å²) in [6.45, 7) is 4.68. The molecule has 21 heavy (non-hydrogen) atoms. The van der Waals surface area contributed by atoms with E-state index in [2.05, 4.69) is 21.2 Å². The Morgan fingerprint density at radius 2 is 1.81 bits per heavy atom. The summed E-state index contributed by atoms with van der Waals surface area (Å²) in [5, 5.41) is 3.04. The standard InChI is InChI=1S/C17H25BrN2O/c1-12-8-14(9-13(2)16(12)18)20-15(21)10-17(11-19)6-4-3-5-7-17/h8-9H,3-7,10-11,19H2,1-2H3,(H,20,21). The Labute approximate surface area is 135 Å². The highest BCUT2D eigenvalue weighted by atomic mass is 79.9. The molecule has 3 nitrogen and oxygen atoms in total. The van der Waals surface area contributed by atoms with Gasteiger partial charge in [0, 0.05) is 16.6 Å². The molecule has 0 heterocycles. The second-order valence-electron chi connectivity index (χ2n) is 6.41. The fourth-order valence-corrected chi connectivity index (χ4v) is 3.55. The lowest BCUT2D eigenvalue weighted by Gasteiger charge is -2.35. The number of aryl methyl sites for hydroxylation is 2. The molecule has 2 rings (SSSR count). The summed E-state index contributed by atoms with van der Waals surface area (Å²) in [5.41, 5.74) is 9.12. The maximum absolute atomic E-state index is 12.4. The quantitative estimate of drug-likeness (QED) is 0.848. The number of halogens is 1. The van der Waals surface area contributed by atoms with Crippen LogP contribution in [0.5, 0.6) is 0 Å². The Hall–Kier alpha value is -0.870. The van der Waals surface area contributed by atoms with Gasteiger partial charge in [-0.15, -0.1) is 0 Å². The minimum atomic E-state index is 0.0157. The Balaban J connectivity index is 2.04. The molecule has 0 aromatic heterocycles. The van der Waals surface area contributed by atoms with Crippen molar-refractivity contribution in [3.05, 3.63) is 27.7 Å². The molecular formula is C17H25BrN2O. The number of nitrogens with one attached hydrogen (secondary N) is 1. The number of carbonyl (C=O) groups excluding carboxylic acids is 1. The molecule has 1 amide bonds. The summed E-state index contributed by atoms with van der Waals surface area (Å²) in [4.78, 5) is 12.4. The number of hydrogen-bond acceptors (Lipinski definition) is 2. The molecule has 0 atom stereocenters. The van der Waals surface area contributed by atoms with E-state index in [-0.39, 0.29) is 11.3 Å². The largest absolute Gasteiger partial charge is 0.330 e. The summed E-state index contributed by atoms with van der Waals surface area (Å²) in [6, 6.07) is 4.01. The second-order valence-corrected chi connectivity index (χ2v) is 7.21. The lowest BCUT2D eigenvalue weighted by molar-refractivity contribution is -0.118. The summed E-state index contributed by atoms with van der Waals surface area (Å²) < 4.78 is 1.10. The van der Waals surface area contributed by atoms with Crippen LogP contribution in [0.1, 0.15) is 49.7 Å². The normalized spacial score (nSPS) is 17.5. The summed E-state index contributed by atoms with van der Waals surface area (Å²) in [5.74, 6) is 0.0865. The van der Waals surface area contributed by atoms with E-state index in [0.717, 1.165) is 34.1 Å². The maximum atomic E-state index is 12.4. The van der Waals surface area contributed by atoms with Gasteiger partial charge < -0.3 is 11.1 Å². The van der Waals surface area contributed by atoms with Crippen LogP contribution in [0.4, 0.5) is 5.69 Å². The lowest BCUT2D eigenvalue weighted by Crippen LogP contribution is -2.36. The smallest absolute Gasteiger partial charge is 0.224 e. The Bertz CT molecular complexity index is 499. The molecule has 0 aliphatic heterocycles. The average Bonchev–Trinajstić information content (AvgIpc) is 2.45. The molecule has 4 heteroatoms. The monoisotopic (exact) mass is 352 g/mol. The average molecular weight is 353 g/mol. The maximum Gasteiger partial charge on any atom is 0.224 e. The number of carbonyl (C=O) groups is 1. The van der Waals surface area contributed by atoms with Gasteiger partial charge in [0.15, 0.2) is 0 Å². The van der Waals surface area contributed by atoms with Crippen LogP contribution in [0.25, 0.3) is 0 Å². The predicted molar refractivity (Wildman–Crippen MR) is 91.4 cm³/mol. The van der Waals surface area contributed by atoms with Gasteiger partial charge >= 0.3 is 0 Å². The Morgan fingerprint density at radius 3 is 2.33 bits per heavy atom. The highest BCUT2D eigenvalue weighted by Crippen LogP contribution is 2.38. The van der Waals surface area contributed by atoms with Gasteiger partial charge in [-0.1, -0.05) is 35.2 Å². The van der Waals surface area contributed by atoms with E-state index in [4.69, 9.17) is 5.73 Å². The zero-order valence-electron chi connectivity index (χ0n) is 13.0. The van der Waals surface area contributed by atoms with Crippen molar-refractivity contribution in [2.75, 3.05) is 11.9 Å². The number of nitrogens with two attached hydrogens (primary N) is 1. The molecule has 3 N–H and O–H groups in total. The van der Waals surface area contributed by atoms with Gasteiger partial charge in [-0.3, -0.25) is 4.79 Å². The fraction of sp³-hybridized carbons (Fsp3) is 0.588. The Kier molecular flexibility index (Phi) is 5.44. The summed E-state index contributed by atoms with van der Waals surface area (Å²) in [7, 11) is 0. The molecule has 1 aromatic rings. The van der Waals surface area contributed by atoms with Crippen LogP contribution in [0.2, 0.25) is 0 Å². The van der Waals surface area contributed by atoms with Crippen molar-refractivity contribution < 1.29 is 4.79 Å². The van der Waals surface area contributed by atoms with E-state index < -0.39 is 0 Å². The zero-order chi connectivity index (χ0) is 15.5. The minimum Gasteiger partial charge on any atom is -0.330 e. The number of rotatable bonds is 4. The molecular weight excluding hydrogens is 328 g/mol. The van der Waals surface area contributed by atoms with E-state index in [1.54, 1.807) is 0 Å². The SMILES string of the molecule is Cc1cc(NC(=O)CC2(CN)CCCCC2)cc(C)c1Br. The topological polar surface area (TPSA) is 55.1 Å². The molecule has 0 saturated heterocycles. The van der Waals surface area contributed by atoms with Gasteiger partial charge in [-0.2, -0.15) is 0 Å². The van der Waals surface area contributed by atoms with Crippen LogP contribution >= 0.6 is 15.9 Å². The highest BCUT2D eigenvalue weighted by molar-refractivity contribution is 9.10. The van der Waals surface area contributed by atoms with Gasteiger partial charge in [0.25, 0.3) is 0 Å². The predicted octanol–water partition coefficient (Wildman–Crippen LogP) is 4.30. The van der Waals surface area contributed by atoms with E-state index in [1.165, 1.54) is 19.3 Å². The van der Waals surface area contributed by atoms with Gasteiger partial charge in [-0.25, -0.2) is 0 Å². The first-order valence-corrected chi connectivity index (χ1v) is 8.52. The Morgan fingerprint density at radius 1 is 1.24 bits per heavy atom. The summed E-state index contributed by atoms with van der Waals surface area (Å²) in [6.07, 6.45) is 6.36. The van der Waals surface area contributed by atoms with Crippen LogP contribution in [-0.4, -0.2) is 12.5 Å². The minimum absolute atomic E-state index is 0.0157. The third-order valence-electron chi connectivity index (χ3n) is 4.60. The van der Waals surface area contributed by atoms with Crippen molar-refractivity contribution in [1.82, 2.24) is 0 Å². The van der Waals surface area contributed by atoms with Crippen molar-refractivity contribution in [3.8, 4) is 0 Å². The molecule has 0 unspecified atom stereocenters. The van der Waals surface area contributed by atoms with Crippen LogP contribution in [0, 0.1) is 19.3 Å². The van der Waals surface area contributed by atoms with E-state index in [9.17, 15) is 4.79 Å². The van der Waals surface area contributed by atoms with Crippen LogP contribution in [-0.2, 0) is 4.79 Å². The first kappa shape index (κ1) is 16.5. The molecule has 1 fully saturated rings. The van der Waals surface area contributed by atoms with Crippen molar-refractivity contribution in [2.45, 2.75) is 52.4 Å². The van der Waals surface area contributed by atoms with Crippen molar-refractivity contribution in [1.29, 1.82) is 0 Å². The third-order valence-corrected chi connectivity index (χ3v) is 5.85. The number of benzene rings is 1. The molecule has 0 radical (unpaired) electrons. The van der Waals surface area contributed by atoms with Gasteiger partial charge in [0.1, 0.15) is 0 Å². The first-order valence-electron chi connectivity index (χ1n) is 7.72. The summed E-state index contributed by atoms with van der Waals surface area (Å²) >= 11 is 3.55. The van der Waals surface area contributed by atoms with Crippen molar-refractivity contribution in [2.24, 2.45) is 11.1 Å². The van der Waals surface area contributed by atoms with E-state index in [1.807, 2.05) is 26.0 Å². The van der Waals surface area contributed by atoms with Crippen molar-refractivity contribution in [3.63, 3.8) is 0 Å².